The van der Waals surface area contributed by atoms with E-state index in [-0.39, 0.29) is 24.9 Å². The first-order valence-electron chi connectivity index (χ1n) is 11.0. The molecule has 1 amide bonds. The van der Waals surface area contributed by atoms with E-state index in [0.717, 1.165) is 27.6 Å². The first-order chi connectivity index (χ1) is 16.0. The summed E-state index contributed by atoms with van der Waals surface area (Å²) in [7, 11) is 0. The number of carbonyl (C=O) groups excluding carboxylic acids is 1. The number of anilines is 1. The average molecular weight is 440 g/mol. The quantitative estimate of drug-likeness (QED) is 0.337. The summed E-state index contributed by atoms with van der Waals surface area (Å²) in [6.07, 6.45) is -0.617. The first kappa shape index (κ1) is 20.8. The van der Waals surface area contributed by atoms with Gasteiger partial charge in [0.25, 0.3) is 0 Å². The lowest BCUT2D eigenvalue weighted by molar-refractivity contribution is -0.137. The number of benzene rings is 3. The van der Waals surface area contributed by atoms with Gasteiger partial charge in [-0.15, -0.1) is 0 Å². The van der Waals surface area contributed by atoms with Crippen LogP contribution in [0.25, 0.3) is 22.0 Å². The van der Waals surface area contributed by atoms with E-state index >= 15 is 0 Å². The maximum atomic E-state index is 12.8. The summed E-state index contributed by atoms with van der Waals surface area (Å²) in [6.45, 7) is 2.05. The number of nitrogens with one attached hydrogen (secondary N) is 2. The van der Waals surface area contributed by atoms with E-state index in [1.54, 1.807) is 0 Å². The topological polar surface area (TPSA) is 91.4 Å². The number of carboxylic acids is 1. The zero-order valence-corrected chi connectivity index (χ0v) is 18.2. The lowest BCUT2D eigenvalue weighted by atomic mass is 9.96. The summed E-state index contributed by atoms with van der Waals surface area (Å²) in [5.74, 6) is -0.735. The molecule has 3 N–H and O–H groups in total. The molecule has 4 aromatic rings. The zero-order chi connectivity index (χ0) is 22.9. The molecule has 1 heterocycles. The first-order valence-corrected chi connectivity index (χ1v) is 11.0. The van der Waals surface area contributed by atoms with Crippen LogP contribution in [0.2, 0.25) is 0 Å². The predicted octanol–water partition coefficient (Wildman–Crippen LogP) is 6.11. The highest BCUT2D eigenvalue weighted by atomic mass is 16.5. The number of rotatable bonds is 6. The van der Waals surface area contributed by atoms with Crippen molar-refractivity contribution in [3.8, 4) is 11.1 Å². The Bertz CT molecular complexity index is 1310. The highest BCUT2D eigenvalue weighted by Gasteiger charge is 2.29. The van der Waals surface area contributed by atoms with Gasteiger partial charge in [-0.05, 0) is 34.2 Å². The van der Waals surface area contributed by atoms with Crippen LogP contribution in [-0.4, -0.2) is 28.8 Å². The zero-order valence-electron chi connectivity index (χ0n) is 18.2. The normalized spacial score (nSPS) is 13.4. The van der Waals surface area contributed by atoms with Crippen LogP contribution in [0.1, 0.15) is 41.9 Å². The summed E-state index contributed by atoms with van der Waals surface area (Å²) < 4.78 is 5.67. The van der Waals surface area contributed by atoms with Gasteiger partial charge in [-0.1, -0.05) is 73.7 Å². The molecule has 0 bridgehead atoms. The van der Waals surface area contributed by atoms with E-state index in [1.807, 2.05) is 55.5 Å². The maximum absolute atomic E-state index is 12.8. The Morgan fingerprint density at radius 3 is 2.24 bits per heavy atom. The van der Waals surface area contributed by atoms with Gasteiger partial charge >= 0.3 is 12.1 Å². The number of carbonyl (C=O) groups is 2. The van der Waals surface area contributed by atoms with Gasteiger partial charge in [0.1, 0.15) is 12.4 Å². The lowest BCUT2D eigenvalue weighted by Gasteiger charge is -2.16. The van der Waals surface area contributed by atoms with E-state index in [9.17, 15) is 14.7 Å². The number of H-pyrrole nitrogens is 1. The van der Waals surface area contributed by atoms with E-state index in [4.69, 9.17) is 4.74 Å². The number of ether oxygens (including phenoxy) is 1. The van der Waals surface area contributed by atoms with Gasteiger partial charge in [0.05, 0.1) is 6.42 Å². The van der Waals surface area contributed by atoms with Gasteiger partial charge in [0.15, 0.2) is 0 Å². The van der Waals surface area contributed by atoms with Crippen molar-refractivity contribution in [1.82, 2.24) is 4.98 Å². The minimum absolute atomic E-state index is 0.0312. The van der Waals surface area contributed by atoms with Crippen LogP contribution >= 0.6 is 0 Å². The fourth-order valence-corrected chi connectivity index (χ4v) is 4.87. The highest BCUT2D eigenvalue weighted by Crippen LogP contribution is 2.44. The van der Waals surface area contributed by atoms with E-state index in [0.29, 0.717) is 5.82 Å². The Labute approximate surface area is 191 Å². The maximum Gasteiger partial charge on any atom is 0.412 e. The van der Waals surface area contributed by atoms with Gasteiger partial charge in [0.2, 0.25) is 0 Å². The molecule has 33 heavy (non-hydrogen) atoms. The largest absolute Gasteiger partial charge is 0.481 e. The third kappa shape index (κ3) is 3.84. The number of aromatic nitrogens is 1. The van der Waals surface area contributed by atoms with Crippen LogP contribution in [0.5, 0.6) is 0 Å². The van der Waals surface area contributed by atoms with E-state index in [1.165, 1.54) is 11.1 Å². The highest BCUT2D eigenvalue weighted by molar-refractivity contribution is 5.95. The Morgan fingerprint density at radius 1 is 0.970 bits per heavy atom. The fraction of sp³-hybridized carbons (Fsp3) is 0.185. The van der Waals surface area contributed by atoms with Gasteiger partial charge in [-0.3, -0.25) is 10.1 Å². The van der Waals surface area contributed by atoms with Crippen molar-refractivity contribution in [3.05, 3.63) is 89.5 Å². The Kier molecular flexibility index (Phi) is 5.34. The third-order valence-electron chi connectivity index (χ3n) is 6.29. The van der Waals surface area contributed by atoms with Crippen LogP contribution in [0.15, 0.2) is 72.8 Å². The molecule has 0 fully saturated rings. The molecule has 1 unspecified atom stereocenters. The van der Waals surface area contributed by atoms with Crippen LogP contribution in [-0.2, 0) is 9.53 Å². The smallest absolute Gasteiger partial charge is 0.412 e. The van der Waals surface area contributed by atoms with Crippen molar-refractivity contribution >= 4 is 28.8 Å². The molecule has 1 aliphatic carbocycles. The second kappa shape index (κ2) is 8.47. The SMILES string of the molecule is CC(CC(=O)O)c1c(NC(=O)OCC2c3ccccc3-c3ccccc32)[nH]c2ccccc12. The Balaban J connectivity index is 1.37. The number of hydrogen-bond acceptors (Lipinski definition) is 3. The number of amides is 1. The molecule has 1 atom stereocenters. The molecule has 0 saturated heterocycles. The van der Waals surface area contributed by atoms with Crippen LogP contribution in [0.4, 0.5) is 10.6 Å². The molecule has 1 aliphatic rings. The molecule has 6 nitrogen and oxygen atoms in total. The van der Waals surface area contributed by atoms with Crippen LogP contribution < -0.4 is 5.32 Å². The second-order valence-corrected chi connectivity index (χ2v) is 8.41. The van der Waals surface area contributed by atoms with Gasteiger partial charge in [0, 0.05) is 22.4 Å². The summed E-state index contributed by atoms with van der Waals surface area (Å²) in [5, 5.41) is 13.0. The summed E-state index contributed by atoms with van der Waals surface area (Å²) in [5.41, 5.74) is 6.23. The molecule has 6 heteroatoms. The molecule has 166 valence electrons. The van der Waals surface area contributed by atoms with E-state index < -0.39 is 12.1 Å². The molecule has 1 aromatic heterocycles. The van der Waals surface area contributed by atoms with Gasteiger partial charge < -0.3 is 14.8 Å². The molecule has 0 spiro atoms. The van der Waals surface area contributed by atoms with Crippen molar-refractivity contribution in [1.29, 1.82) is 0 Å². The minimum Gasteiger partial charge on any atom is -0.481 e. The fourth-order valence-electron chi connectivity index (χ4n) is 4.87. The predicted molar refractivity (Wildman–Crippen MR) is 128 cm³/mol. The van der Waals surface area contributed by atoms with Crippen molar-refractivity contribution in [2.75, 3.05) is 11.9 Å². The number of hydrogen-bond donors (Lipinski definition) is 3. The Morgan fingerprint density at radius 2 is 1.58 bits per heavy atom. The minimum atomic E-state index is -0.889. The number of fused-ring (bicyclic) bond motifs is 4. The molecular formula is C27H24N2O4. The molecule has 0 saturated carbocycles. The number of carboxylic acid groups (broad SMARTS) is 1. The molecule has 0 aliphatic heterocycles. The van der Waals surface area contributed by atoms with Gasteiger partial charge in [-0.25, -0.2) is 4.79 Å². The average Bonchev–Trinajstić information content (AvgIpc) is 3.32. The number of aliphatic carboxylic acids is 1. The van der Waals surface area contributed by atoms with Gasteiger partial charge in [-0.2, -0.15) is 0 Å². The standard InChI is InChI=1S/C27H24N2O4/c1-16(14-24(30)31)25-21-12-6-7-13-23(21)28-26(25)29-27(32)33-15-22-19-10-4-2-8-17(19)18-9-3-5-11-20(18)22/h2-13,16,22,28H,14-15H2,1H3,(H,29,32)(H,30,31). The van der Waals surface area contributed by atoms with E-state index in [2.05, 4.69) is 34.6 Å². The number of aromatic amines is 1. The second-order valence-electron chi connectivity index (χ2n) is 8.41. The van der Waals surface area contributed by atoms with Crippen molar-refractivity contribution in [2.24, 2.45) is 0 Å². The van der Waals surface area contributed by atoms with Crippen molar-refractivity contribution in [3.63, 3.8) is 0 Å². The molecule has 0 radical (unpaired) electrons. The summed E-state index contributed by atoms with van der Waals surface area (Å²) >= 11 is 0. The summed E-state index contributed by atoms with van der Waals surface area (Å²) in [6, 6.07) is 24.0. The molecular weight excluding hydrogens is 416 g/mol. The molecule has 5 rings (SSSR count). The number of para-hydroxylation sites is 1. The Hall–Kier alpha value is -4.06. The third-order valence-corrected chi connectivity index (χ3v) is 6.29. The van der Waals surface area contributed by atoms with Crippen LogP contribution in [0.3, 0.4) is 0 Å². The van der Waals surface area contributed by atoms with Crippen molar-refractivity contribution in [2.45, 2.75) is 25.2 Å². The monoisotopic (exact) mass is 440 g/mol. The molecule has 3 aromatic carbocycles. The lowest BCUT2D eigenvalue weighted by Crippen LogP contribution is -2.19. The van der Waals surface area contributed by atoms with Crippen molar-refractivity contribution < 1.29 is 19.4 Å². The van der Waals surface area contributed by atoms with Crippen LogP contribution in [0, 0.1) is 0 Å². The summed E-state index contributed by atoms with van der Waals surface area (Å²) in [4.78, 5) is 27.3.